The highest BCUT2D eigenvalue weighted by atomic mass is 35.5. The molecule has 1 aromatic heterocycles. The molecule has 1 aromatic carbocycles. The van der Waals surface area contributed by atoms with Gasteiger partial charge in [-0.25, -0.2) is 0 Å². The molecule has 0 aliphatic carbocycles. The second kappa shape index (κ2) is 7.79. The van der Waals surface area contributed by atoms with Crippen LogP contribution in [0.2, 0.25) is 5.02 Å². The van der Waals surface area contributed by atoms with Crippen LogP contribution in [-0.4, -0.2) is 17.4 Å². The molecule has 1 unspecified atom stereocenters. The summed E-state index contributed by atoms with van der Waals surface area (Å²) in [6, 6.07) is 13.0. The number of hydrogen-bond donors (Lipinski definition) is 1. The SMILES string of the molecule is CCCCNC(=O)C(c1ccc(Cl)cc1)c1ccccn1. The zero-order valence-corrected chi connectivity index (χ0v) is 12.8. The summed E-state index contributed by atoms with van der Waals surface area (Å²) in [6.07, 6.45) is 3.73. The van der Waals surface area contributed by atoms with Gasteiger partial charge in [-0.15, -0.1) is 0 Å². The molecular formula is C17H19ClN2O. The summed E-state index contributed by atoms with van der Waals surface area (Å²) in [6.45, 7) is 2.79. The van der Waals surface area contributed by atoms with Crippen molar-refractivity contribution in [1.82, 2.24) is 10.3 Å². The zero-order valence-electron chi connectivity index (χ0n) is 12.1. The van der Waals surface area contributed by atoms with Crippen LogP contribution in [0.5, 0.6) is 0 Å². The van der Waals surface area contributed by atoms with Gasteiger partial charge in [0.2, 0.25) is 5.91 Å². The van der Waals surface area contributed by atoms with Crippen LogP contribution in [0.15, 0.2) is 48.7 Å². The summed E-state index contributed by atoms with van der Waals surface area (Å²) in [5, 5.41) is 3.64. The molecule has 1 N–H and O–H groups in total. The van der Waals surface area contributed by atoms with Crippen molar-refractivity contribution in [2.24, 2.45) is 0 Å². The molecule has 21 heavy (non-hydrogen) atoms. The number of hydrogen-bond acceptors (Lipinski definition) is 2. The van der Waals surface area contributed by atoms with Crippen molar-refractivity contribution >= 4 is 17.5 Å². The number of nitrogens with one attached hydrogen (secondary N) is 1. The van der Waals surface area contributed by atoms with Crippen molar-refractivity contribution < 1.29 is 4.79 Å². The number of aromatic nitrogens is 1. The molecule has 0 bridgehead atoms. The van der Waals surface area contributed by atoms with Crippen LogP contribution in [0.3, 0.4) is 0 Å². The van der Waals surface area contributed by atoms with Gasteiger partial charge in [0.05, 0.1) is 5.69 Å². The van der Waals surface area contributed by atoms with E-state index in [0.717, 1.165) is 24.1 Å². The summed E-state index contributed by atoms with van der Waals surface area (Å²) in [4.78, 5) is 16.9. The van der Waals surface area contributed by atoms with Gasteiger partial charge >= 0.3 is 0 Å². The third-order valence-corrected chi connectivity index (χ3v) is 3.53. The first kappa shape index (κ1) is 15.5. The van der Waals surface area contributed by atoms with Crippen molar-refractivity contribution in [2.75, 3.05) is 6.54 Å². The minimum atomic E-state index is -0.402. The standard InChI is InChI=1S/C17H19ClN2O/c1-2-3-11-20-17(21)16(15-6-4-5-12-19-15)13-7-9-14(18)10-8-13/h4-10,12,16H,2-3,11H2,1H3,(H,20,21). The van der Waals surface area contributed by atoms with E-state index in [-0.39, 0.29) is 5.91 Å². The lowest BCUT2D eigenvalue weighted by atomic mass is 9.94. The minimum Gasteiger partial charge on any atom is -0.355 e. The number of benzene rings is 1. The lowest BCUT2D eigenvalue weighted by Gasteiger charge is -2.17. The summed E-state index contributed by atoms with van der Waals surface area (Å²) in [5.41, 5.74) is 1.64. The molecule has 0 aliphatic heterocycles. The van der Waals surface area contributed by atoms with E-state index in [1.165, 1.54) is 0 Å². The Bertz CT molecular complexity index is 569. The molecule has 0 saturated carbocycles. The first-order valence-corrected chi connectivity index (χ1v) is 7.54. The number of rotatable bonds is 6. The average molecular weight is 303 g/mol. The van der Waals surface area contributed by atoms with Crippen molar-refractivity contribution in [3.05, 3.63) is 64.9 Å². The van der Waals surface area contributed by atoms with E-state index in [9.17, 15) is 4.79 Å². The Kier molecular flexibility index (Phi) is 5.76. The molecular weight excluding hydrogens is 284 g/mol. The number of unbranched alkanes of at least 4 members (excludes halogenated alkanes) is 1. The first-order valence-electron chi connectivity index (χ1n) is 7.16. The lowest BCUT2D eigenvalue weighted by molar-refractivity contribution is -0.121. The van der Waals surface area contributed by atoms with E-state index in [0.29, 0.717) is 11.6 Å². The minimum absolute atomic E-state index is 0.0236. The quantitative estimate of drug-likeness (QED) is 0.825. The molecule has 0 spiro atoms. The highest BCUT2D eigenvalue weighted by molar-refractivity contribution is 6.30. The number of carbonyl (C=O) groups excluding carboxylic acids is 1. The van der Waals surface area contributed by atoms with Crippen LogP contribution in [0, 0.1) is 0 Å². The van der Waals surface area contributed by atoms with Gasteiger partial charge in [0.15, 0.2) is 0 Å². The predicted molar refractivity (Wildman–Crippen MR) is 85.4 cm³/mol. The molecule has 0 saturated heterocycles. The Labute approximate surface area is 130 Å². The molecule has 2 rings (SSSR count). The van der Waals surface area contributed by atoms with Crippen LogP contribution in [0.4, 0.5) is 0 Å². The summed E-state index contributed by atoms with van der Waals surface area (Å²) < 4.78 is 0. The van der Waals surface area contributed by atoms with Crippen molar-refractivity contribution in [2.45, 2.75) is 25.7 Å². The van der Waals surface area contributed by atoms with E-state index < -0.39 is 5.92 Å². The van der Waals surface area contributed by atoms with Gasteiger partial charge in [0.1, 0.15) is 5.92 Å². The van der Waals surface area contributed by atoms with Gasteiger partial charge < -0.3 is 5.32 Å². The van der Waals surface area contributed by atoms with Crippen LogP contribution in [0.25, 0.3) is 0 Å². The molecule has 3 nitrogen and oxygen atoms in total. The maximum Gasteiger partial charge on any atom is 0.233 e. The van der Waals surface area contributed by atoms with Gasteiger partial charge in [0, 0.05) is 17.8 Å². The molecule has 110 valence electrons. The predicted octanol–water partition coefficient (Wildman–Crippen LogP) is 3.78. The molecule has 0 aliphatic rings. The number of pyridine rings is 1. The molecule has 1 amide bonds. The Morgan fingerprint density at radius 3 is 2.62 bits per heavy atom. The molecule has 0 fully saturated rings. The Morgan fingerprint density at radius 2 is 2.00 bits per heavy atom. The summed E-state index contributed by atoms with van der Waals surface area (Å²) in [5.74, 6) is -0.426. The third kappa shape index (κ3) is 4.30. The van der Waals surface area contributed by atoms with E-state index in [4.69, 9.17) is 11.6 Å². The van der Waals surface area contributed by atoms with Gasteiger partial charge in [-0.05, 0) is 36.2 Å². The summed E-state index contributed by atoms with van der Waals surface area (Å²) >= 11 is 5.93. The van der Waals surface area contributed by atoms with E-state index in [1.807, 2.05) is 30.3 Å². The fraction of sp³-hybridized carbons (Fsp3) is 0.294. The van der Waals surface area contributed by atoms with Crippen molar-refractivity contribution in [3.63, 3.8) is 0 Å². The van der Waals surface area contributed by atoms with Crippen LogP contribution < -0.4 is 5.32 Å². The van der Waals surface area contributed by atoms with Crippen LogP contribution in [0.1, 0.15) is 36.9 Å². The largest absolute Gasteiger partial charge is 0.355 e. The van der Waals surface area contributed by atoms with Crippen LogP contribution in [-0.2, 0) is 4.79 Å². The average Bonchev–Trinajstić information content (AvgIpc) is 2.51. The topological polar surface area (TPSA) is 42.0 Å². The fourth-order valence-corrected chi connectivity index (χ4v) is 2.27. The third-order valence-electron chi connectivity index (χ3n) is 3.28. The summed E-state index contributed by atoms with van der Waals surface area (Å²) in [7, 11) is 0. The van der Waals surface area contributed by atoms with Gasteiger partial charge in [-0.2, -0.15) is 0 Å². The number of halogens is 1. The van der Waals surface area contributed by atoms with Crippen molar-refractivity contribution in [3.8, 4) is 0 Å². The highest BCUT2D eigenvalue weighted by Gasteiger charge is 2.23. The first-order chi connectivity index (χ1) is 10.2. The van der Waals surface area contributed by atoms with Gasteiger partial charge in [0.25, 0.3) is 0 Å². The Balaban J connectivity index is 2.26. The van der Waals surface area contributed by atoms with Gasteiger partial charge in [-0.3, -0.25) is 9.78 Å². The monoisotopic (exact) mass is 302 g/mol. The molecule has 0 radical (unpaired) electrons. The highest BCUT2D eigenvalue weighted by Crippen LogP contribution is 2.24. The van der Waals surface area contributed by atoms with E-state index in [1.54, 1.807) is 18.3 Å². The molecule has 4 heteroatoms. The maximum absolute atomic E-state index is 12.5. The second-order valence-electron chi connectivity index (χ2n) is 4.88. The molecule has 2 aromatic rings. The molecule has 1 atom stereocenters. The van der Waals surface area contributed by atoms with Crippen molar-refractivity contribution in [1.29, 1.82) is 0 Å². The molecule has 1 heterocycles. The maximum atomic E-state index is 12.5. The van der Waals surface area contributed by atoms with E-state index >= 15 is 0 Å². The smallest absolute Gasteiger partial charge is 0.233 e. The van der Waals surface area contributed by atoms with Gasteiger partial charge in [-0.1, -0.05) is 43.1 Å². The van der Waals surface area contributed by atoms with Crippen LogP contribution >= 0.6 is 11.6 Å². The lowest BCUT2D eigenvalue weighted by Crippen LogP contribution is -2.31. The number of carbonyl (C=O) groups is 1. The fourth-order valence-electron chi connectivity index (χ4n) is 2.15. The number of amides is 1. The zero-order chi connectivity index (χ0) is 15.1. The Morgan fingerprint density at radius 1 is 1.24 bits per heavy atom. The van der Waals surface area contributed by atoms with E-state index in [2.05, 4.69) is 17.2 Å². The number of nitrogens with zero attached hydrogens (tertiary/aromatic N) is 1. The second-order valence-corrected chi connectivity index (χ2v) is 5.32. The Hall–Kier alpha value is -1.87. The normalized spacial score (nSPS) is 11.9.